The van der Waals surface area contributed by atoms with Crippen LogP contribution in [0.2, 0.25) is 0 Å². The maximum atomic E-state index is 12.0. The van der Waals surface area contributed by atoms with Crippen molar-refractivity contribution in [2.24, 2.45) is 11.7 Å². The first-order chi connectivity index (χ1) is 11.0. The summed E-state index contributed by atoms with van der Waals surface area (Å²) in [6.07, 6.45) is 1.55. The van der Waals surface area contributed by atoms with Gasteiger partial charge in [0.25, 0.3) is 0 Å². The van der Waals surface area contributed by atoms with Crippen molar-refractivity contribution in [1.29, 1.82) is 0 Å². The third-order valence-electron chi connectivity index (χ3n) is 3.85. The fourth-order valence-electron chi connectivity index (χ4n) is 2.46. The largest absolute Gasteiger partial charge is 0.381 e. The fourth-order valence-corrected chi connectivity index (χ4v) is 3.51. The highest BCUT2D eigenvalue weighted by molar-refractivity contribution is 7.89. The van der Waals surface area contributed by atoms with E-state index in [1.807, 2.05) is 0 Å². The molecule has 1 aromatic rings. The molecule has 1 fully saturated rings. The van der Waals surface area contributed by atoms with Crippen LogP contribution in [0, 0.1) is 5.92 Å². The van der Waals surface area contributed by atoms with E-state index in [0.29, 0.717) is 13.2 Å². The van der Waals surface area contributed by atoms with Crippen LogP contribution in [-0.4, -0.2) is 46.7 Å². The van der Waals surface area contributed by atoms with E-state index in [9.17, 15) is 13.2 Å². The molecule has 8 heteroatoms. The van der Waals surface area contributed by atoms with Crippen LogP contribution in [0.15, 0.2) is 35.2 Å². The standard InChI is InChI=1S/C15H23N3O4S/c16-14(12-6-10-22-11-7-12)15(19)17-8-9-18-23(20,21)13-4-2-1-3-5-13/h1-5,12,14,18H,6-11,16H2,(H,17,19). The minimum absolute atomic E-state index is 0.115. The molecule has 0 bridgehead atoms. The lowest BCUT2D eigenvalue weighted by molar-refractivity contribution is -0.124. The second-order valence-electron chi connectivity index (χ2n) is 5.48. The predicted octanol–water partition coefficient (Wildman–Crippen LogP) is -0.165. The Bertz CT molecular complexity index is 600. The summed E-state index contributed by atoms with van der Waals surface area (Å²) in [4.78, 5) is 12.2. The quantitative estimate of drug-likeness (QED) is 0.597. The van der Waals surface area contributed by atoms with Gasteiger partial charge < -0.3 is 15.8 Å². The van der Waals surface area contributed by atoms with E-state index in [-0.39, 0.29) is 29.8 Å². The van der Waals surface area contributed by atoms with Crippen molar-refractivity contribution < 1.29 is 17.9 Å². The number of benzene rings is 1. The Morgan fingerprint density at radius 3 is 2.52 bits per heavy atom. The first kappa shape index (κ1) is 17.9. The third-order valence-corrected chi connectivity index (χ3v) is 5.32. The lowest BCUT2D eigenvalue weighted by Crippen LogP contribution is -2.48. The molecule has 1 unspecified atom stereocenters. The molecule has 128 valence electrons. The van der Waals surface area contributed by atoms with Gasteiger partial charge in [-0.15, -0.1) is 0 Å². The second-order valence-corrected chi connectivity index (χ2v) is 7.24. The number of nitrogens with two attached hydrogens (primary N) is 1. The van der Waals surface area contributed by atoms with E-state index < -0.39 is 16.1 Å². The molecule has 1 aliphatic rings. The van der Waals surface area contributed by atoms with Gasteiger partial charge in [0.1, 0.15) is 0 Å². The van der Waals surface area contributed by atoms with Crippen molar-refractivity contribution in [3.8, 4) is 0 Å². The Labute approximate surface area is 136 Å². The SMILES string of the molecule is NC(C(=O)NCCNS(=O)(=O)c1ccccc1)C1CCOCC1. The number of rotatable bonds is 7. The molecule has 0 aliphatic carbocycles. The number of ether oxygens (including phenoxy) is 1. The van der Waals surface area contributed by atoms with Crippen LogP contribution in [0.4, 0.5) is 0 Å². The monoisotopic (exact) mass is 341 g/mol. The van der Waals surface area contributed by atoms with Gasteiger partial charge in [-0.2, -0.15) is 0 Å². The summed E-state index contributed by atoms with van der Waals surface area (Å²) >= 11 is 0. The average Bonchev–Trinajstić information content (AvgIpc) is 2.59. The lowest BCUT2D eigenvalue weighted by Gasteiger charge is -2.26. The maximum absolute atomic E-state index is 12.0. The van der Waals surface area contributed by atoms with Gasteiger partial charge in [-0.05, 0) is 30.9 Å². The van der Waals surface area contributed by atoms with Gasteiger partial charge in [0, 0.05) is 26.3 Å². The average molecular weight is 341 g/mol. The molecule has 1 atom stereocenters. The van der Waals surface area contributed by atoms with Crippen LogP contribution in [0.1, 0.15) is 12.8 Å². The first-order valence-electron chi connectivity index (χ1n) is 7.66. The molecule has 0 radical (unpaired) electrons. The smallest absolute Gasteiger partial charge is 0.240 e. The third kappa shape index (κ3) is 5.28. The van der Waals surface area contributed by atoms with Crippen LogP contribution in [0.3, 0.4) is 0 Å². The zero-order valence-corrected chi connectivity index (χ0v) is 13.7. The molecule has 1 aromatic carbocycles. The molecular weight excluding hydrogens is 318 g/mol. The number of carbonyl (C=O) groups excluding carboxylic acids is 1. The van der Waals surface area contributed by atoms with E-state index in [0.717, 1.165) is 12.8 Å². The Morgan fingerprint density at radius 2 is 1.87 bits per heavy atom. The summed E-state index contributed by atoms with van der Waals surface area (Å²) in [5.74, 6) is -0.138. The molecule has 23 heavy (non-hydrogen) atoms. The van der Waals surface area contributed by atoms with Gasteiger partial charge in [-0.3, -0.25) is 4.79 Å². The molecule has 4 N–H and O–H groups in total. The summed E-state index contributed by atoms with van der Waals surface area (Å²) in [5, 5.41) is 2.67. The number of hydrogen-bond donors (Lipinski definition) is 3. The van der Waals surface area contributed by atoms with Gasteiger partial charge in [0.15, 0.2) is 0 Å². The van der Waals surface area contributed by atoms with Crippen LogP contribution >= 0.6 is 0 Å². The van der Waals surface area contributed by atoms with E-state index >= 15 is 0 Å². The summed E-state index contributed by atoms with van der Waals surface area (Å²) in [5.41, 5.74) is 5.94. The molecular formula is C15H23N3O4S. The van der Waals surface area contributed by atoms with E-state index in [2.05, 4.69) is 10.0 Å². The van der Waals surface area contributed by atoms with Gasteiger partial charge in [0.2, 0.25) is 15.9 Å². The molecule has 1 aliphatic heterocycles. The van der Waals surface area contributed by atoms with E-state index in [1.165, 1.54) is 12.1 Å². The highest BCUT2D eigenvalue weighted by atomic mass is 32.2. The van der Waals surface area contributed by atoms with Crippen LogP contribution in [0.5, 0.6) is 0 Å². The minimum Gasteiger partial charge on any atom is -0.381 e. The highest BCUT2D eigenvalue weighted by Crippen LogP contribution is 2.17. The fraction of sp³-hybridized carbons (Fsp3) is 0.533. The number of carbonyl (C=O) groups is 1. The molecule has 0 spiro atoms. The topological polar surface area (TPSA) is 111 Å². The molecule has 2 rings (SSSR count). The van der Waals surface area contributed by atoms with Crippen molar-refractivity contribution in [2.45, 2.75) is 23.8 Å². The van der Waals surface area contributed by atoms with Gasteiger partial charge >= 0.3 is 0 Å². The molecule has 1 heterocycles. The second kappa shape index (κ2) is 8.39. The van der Waals surface area contributed by atoms with Gasteiger partial charge in [-0.25, -0.2) is 13.1 Å². The van der Waals surface area contributed by atoms with Crippen molar-refractivity contribution in [3.63, 3.8) is 0 Å². The Morgan fingerprint density at radius 1 is 1.22 bits per heavy atom. The summed E-state index contributed by atoms with van der Waals surface area (Å²) in [6, 6.07) is 7.51. The lowest BCUT2D eigenvalue weighted by atomic mass is 9.92. The Balaban J connectivity index is 1.73. The van der Waals surface area contributed by atoms with Crippen LogP contribution in [-0.2, 0) is 19.6 Å². The molecule has 1 amide bonds. The van der Waals surface area contributed by atoms with E-state index in [1.54, 1.807) is 18.2 Å². The van der Waals surface area contributed by atoms with Crippen molar-refractivity contribution in [2.75, 3.05) is 26.3 Å². The predicted molar refractivity (Wildman–Crippen MR) is 86.2 cm³/mol. The number of amides is 1. The summed E-state index contributed by atoms with van der Waals surface area (Å²) in [7, 11) is -3.55. The highest BCUT2D eigenvalue weighted by Gasteiger charge is 2.26. The van der Waals surface area contributed by atoms with Crippen LogP contribution < -0.4 is 15.8 Å². The normalized spacial score (nSPS) is 17.6. The summed E-state index contributed by atoms with van der Waals surface area (Å²) in [6.45, 7) is 1.57. The maximum Gasteiger partial charge on any atom is 0.240 e. The number of hydrogen-bond acceptors (Lipinski definition) is 5. The van der Waals surface area contributed by atoms with Crippen molar-refractivity contribution in [3.05, 3.63) is 30.3 Å². The van der Waals surface area contributed by atoms with Crippen LogP contribution in [0.25, 0.3) is 0 Å². The molecule has 1 saturated heterocycles. The Hall–Kier alpha value is -1.48. The van der Waals surface area contributed by atoms with Gasteiger partial charge in [-0.1, -0.05) is 18.2 Å². The zero-order valence-electron chi connectivity index (χ0n) is 12.9. The minimum atomic E-state index is -3.55. The van der Waals surface area contributed by atoms with Crippen molar-refractivity contribution in [1.82, 2.24) is 10.0 Å². The van der Waals surface area contributed by atoms with Crippen molar-refractivity contribution >= 4 is 15.9 Å². The first-order valence-corrected chi connectivity index (χ1v) is 9.15. The summed E-state index contributed by atoms with van der Waals surface area (Å²) < 4.78 is 31.7. The molecule has 0 saturated carbocycles. The Kier molecular flexibility index (Phi) is 6.52. The number of sulfonamides is 1. The number of nitrogens with one attached hydrogen (secondary N) is 2. The zero-order chi connectivity index (χ0) is 16.7. The van der Waals surface area contributed by atoms with E-state index in [4.69, 9.17) is 10.5 Å². The molecule has 7 nitrogen and oxygen atoms in total. The van der Waals surface area contributed by atoms with Gasteiger partial charge in [0.05, 0.1) is 10.9 Å². The molecule has 0 aromatic heterocycles.